The van der Waals surface area contributed by atoms with Crippen LogP contribution in [-0.4, -0.2) is 4.98 Å². The fourth-order valence-electron chi connectivity index (χ4n) is 2.50. The van der Waals surface area contributed by atoms with Gasteiger partial charge in [0.25, 0.3) is 0 Å². The Morgan fingerprint density at radius 3 is 2.62 bits per heavy atom. The van der Waals surface area contributed by atoms with Crippen molar-refractivity contribution in [3.05, 3.63) is 76.7 Å². The van der Waals surface area contributed by atoms with Crippen molar-refractivity contribution in [1.82, 2.24) is 4.98 Å². The van der Waals surface area contributed by atoms with Crippen LogP contribution < -0.4 is 0 Å². The van der Waals surface area contributed by atoms with Crippen LogP contribution in [0, 0.1) is 19.7 Å². The molecule has 21 heavy (non-hydrogen) atoms. The molecule has 0 aliphatic rings. The predicted octanol–water partition coefficient (Wildman–Crippen LogP) is 5.16. The molecule has 1 nitrogen and oxygen atoms in total. The summed E-state index contributed by atoms with van der Waals surface area (Å²) in [6, 6.07) is 13.6. The van der Waals surface area contributed by atoms with E-state index in [1.807, 2.05) is 56.3 Å². The molecule has 1 aromatic heterocycles. The van der Waals surface area contributed by atoms with Gasteiger partial charge in [-0.2, -0.15) is 0 Å². The van der Waals surface area contributed by atoms with Crippen LogP contribution in [0.5, 0.6) is 0 Å². The Kier molecular flexibility index (Phi) is 3.53. The quantitative estimate of drug-likeness (QED) is 0.630. The van der Waals surface area contributed by atoms with Crippen LogP contribution in [0.15, 0.2) is 48.7 Å². The van der Waals surface area contributed by atoms with E-state index in [9.17, 15) is 4.39 Å². The lowest BCUT2D eigenvalue weighted by Gasteiger charge is -2.04. The Balaban J connectivity index is 1.98. The molecule has 0 spiro atoms. The maximum absolute atomic E-state index is 14.0. The Morgan fingerprint density at radius 1 is 1.00 bits per heavy atom. The highest BCUT2D eigenvalue weighted by atomic mass is 19.1. The fraction of sp³-hybridized carbons (Fsp3) is 0.105. The van der Waals surface area contributed by atoms with E-state index in [-0.39, 0.29) is 5.82 Å². The minimum Gasteiger partial charge on any atom is -0.256 e. The van der Waals surface area contributed by atoms with Crippen molar-refractivity contribution in [2.24, 2.45) is 0 Å². The van der Waals surface area contributed by atoms with E-state index in [4.69, 9.17) is 0 Å². The zero-order valence-corrected chi connectivity index (χ0v) is 12.1. The second-order valence-electron chi connectivity index (χ2n) is 5.27. The molecule has 0 N–H and O–H groups in total. The smallest absolute Gasteiger partial charge is 0.130 e. The lowest BCUT2D eigenvalue weighted by atomic mass is 10.0. The van der Waals surface area contributed by atoms with Crippen LogP contribution in [0.3, 0.4) is 0 Å². The van der Waals surface area contributed by atoms with Crippen molar-refractivity contribution >= 4 is 23.1 Å². The average molecular weight is 277 g/mol. The fourth-order valence-corrected chi connectivity index (χ4v) is 2.50. The van der Waals surface area contributed by atoms with Gasteiger partial charge in [0.15, 0.2) is 0 Å². The van der Waals surface area contributed by atoms with Gasteiger partial charge in [-0.25, -0.2) is 4.39 Å². The summed E-state index contributed by atoms with van der Waals surface area (Å²) in [5, 5.41) is 1.08. The van der Waals surface area contributed by atoms with Crippen LogP contribution >= 0.6 is 0 Å². The number of rotatable bonds is 2. The third-order valence-electron chi connectivity index (χ3n) is 3.53. The second kappa shape index (κ2) is 5.49. The number of benzene rings is 2. The molecule has 0 saturated carbocycles. The number of hydrogen-bond acceptors (Lipinski definition) is 1. The first kappa shape index (κ1) is 13.5. The van der Waals surface area contributed by atoms with Gasteiger partial charge in [0, 0.05) is 17.1 Å². The summed E-state index contributed by atoms with van der Waals surface area (Å²) in [7, 11) is 0. The molecule has 3 rings (SSSR count). The number of aryl methyl sites for hydroxylation is 2. The summed E-state index contributed by atoms with van der Waals surface area (Å²) in [5.74, 6) is -0.183. The Hall–Kier alpha value is -2.48. The topological polar surface area (TPSA) is 12.9 Å². The molecule has 0 fully saturated rings. The molecular formula is C19H16FN. The molecule has 104 valence electrons. The first-order chi connectivity index (χ1) is 10.1. The number of para-hydroxylation sites is 1. The number of halogens is 1. The van der Waals surface area contributed by atoms with Gasteiger partial charge < -0.3 is 0 Å². The third-order valence-corrected chi connectivity index (χ3v) is 3.53. The minimum atomic E-state index is -0.183. The number of pyridine rings is 1. The van der Waals surface area contributed by atoms with Gasteiger partial charge in [0.05, 0.1) is 5.52 Å². The van der Waals surface area contributed by atoms with Crippen molar-refractivity contribution in [3.63, 3.8) is 0 Å². The predicted molar refractivity (Wildman–Crippen MR) is 86.5 cm³/mol. The van der Waals surface area contributed by atoms with Gasteiger partial charge in [0.1, 0.15) is 5.82 Å². The van der Waals surface area contributed by atoms with E-state index >= 15 is 0 Å². The lowest BCUT2D eigenvalue weighted by molar-refractivity contribution is 0.622. The normalized spacial score (nSPS) is 11.4. The molecule has 0 amide bonds. The van der Waals surface area contributed by atoms with E-state index in [1.165, 1.54) is 0 Å². The molecule has 0 aliphatic heterocycles. The summed E-state index contributed by atoms with van der Waals surface area (Å²) in [6.45, 7) is 3.82. The zero-order valence-electron chi connectivity index (χ0n) is 12.1. The van der Waals surface area contributed by atoms with Crippen LogP contribution in [0.2, 0.25) is 0 Å². The number of hydrogen-bond donors (Lipinski definition) is 0. The molecule has 2 aromatic carbocycles. The molecule has 0 atom stereocenters. The molecular weight excluding hydrogens is 261 g/mol. The molecule has 0 radical (unpaired) electrons. The third kappa shape index (κ3) is 2.84. The van der Waals surface area contributed by atoms with Gasteiger partial charge in [0.2, 0.25) is 0 Å². The average Bonchev–Trinajstić information content (AvgIpc) is 2.46. The minimum absolute atomic E-state index is 0.183. The second-order valence-corrected chi connectivity index (χ2v) is 5.27. The van der Waals surface area contributed by atoms with Gasteiger partial charge in [-0.1, -0.05) is 36.4 Å². The summed E-state index contributed by atoms with van der Waals surface area (Å²) in [6.07, 6.45) is 5.52. The maximum atomic E-state index is 14.0. The van der Waals surface area contributed by atoms with Crippen molar-refractivity contribution in [1.29, 1.82) is 0 Å². The summed E-state index contributed by atoms with van der Waals surface area (Å²) in [4.78, 5) is 4.41. The largest absolute Gasteiger partial charge is 0.256 e. The number of aromatic nitrogens is 1. The van der Waals surface area contributed by atoms with Crippen LogP contribution in [0.25, 0.3) is 23.1 Å². The number of nitrogens with zero attached hydrogens (tertiary/aromatic N) is 1. The van der Waals surface area contributed by atoms with Crippen molar-refractivity contribution < 1.29 is 4.39 Å². The van der Waals surface area contributed by atoms with E-state index in [1.54, 1.807) is 12.3 Å². The first-order valence-electron chi connectivity index (χ1n) is 6.93. The van der Waals surface area contributed by atoms with E-state index in [0.29, 0.717) is 5.56 Å². The Morgan fingerprint density at radius 2 is 1.81 bits per heavy atom. The van der Waals surface area contributed by atoms with Gasteiger partial charge in [-0.15, -0.1) is 0 Å². The molecule has 1 heterocycles. The monoisotopic (exact) mass is 277 g/mol. The van der Waals surface area contributed by atoms with Crippen LogP contribution in [0.4, 0.5) is 4.39 Å². The zero-order chi connectivity index (χ0) is 14.8. The van der Waals surface area contributed by atoms with Gasteiger partial charge in [-0.05, 0) is 48.7 Å². The first-order valence-corrected chi connectivity index (χ1v) is 6.93. The molecule has 0 unspecified atom stereocenters. The molecule has 0 aliphatic carbocycles. The molecule has 0 bridgehead atoms. The Labute approximate surface area is 123 Å². The summed E-state index contributed by atoms with van der Waals surface area (Å²) < 4.78 is 14.0. The lowest BCUT2D eigenvalue weighted by Crippen LogP contribution is -1.89. The molecule has 3 aromatic rings. The standard InChI is InChI=1S/C19H16FN/c1-13-9-14(2)17(18(20)10-13)8-7-15-11-16-5-3-4-6-19(16)21-12-15/h3-12H,1-2H3/b8-7-. The molecule has 0 saturated heterocycles. The summed E-state index contributed by atoms with van der Waals surface area (Å²) in [5.41, 5.74) is 4.45. The van der Waals surface area contributed by atoms with E-state index < -0.39 is 0 Å². The highest BCUT2D eigenvalue weighted by Gasteiger charge is 2.03. The highest BCUT2D eigenvalue weighted by Crippen LogP contribution is 2.19. The van der Waals surface area contributed by atoms with Gasteiger partial charge >= 0.3 is 0 Å². The number of fused-ring (bicyclic) bond motifs is 1. The Bertz CT molecular complexity index is 811. The van der Waals surface area contributed by atoms with E-state index in [0.717, 1.165) is 27.6 Å². The van der Waals surface area contributed by atoms with Crippen LogP contribution in [-0.2, 0) is 0 Å². The highest BCUT2D eigenvalue weighted by molar-refractivity contribution is 5.82. The SMILES string of the molecule is Cc1cc(C)c(/C=C\c2cnc3ccccc3c2)c(F)c1. The summed E-state index contributed by atoms with van der Waals surface area (Å²) >= 11 is 0. The van der Waals surface area contributed by atoms with Gasteiger partial charge in [-0.3, -0.25) is 4.98 Å². The van der Waals surface area contributed by atoms with Crippen molar-refractivity contribution in [3.8, 4) is 0 Å². The van der Waals surface area contributed by atoms with Crippen LogP contribution in [0.1, 0.15) is 22.3 Å². The van der Waals surface area contributed by atoms with Crippen molar-refractivity contribution in [2.45, 2.75) is 13.8 Å². The maximum Gasteiger partial charge on any atom is 0.130 e. The van der Waals surface area contributed by atoms with E-state index in [2.05, 4.69) is 11.1 Å². The molecule has 2 heteroatoms. The van der Waals surface area contributed by atoms with Crippen molar-refractivity contribution in [2.75, 3.05) is 0 Å².